The highest BCUT2D eigenvalue weighted by atomic mass is 19.1. The van der Waals surface area contributed by atoms with Gasteiger partial charge in [-0.1, -0.05) is 12.1 Å². The summed E-state index contributed by atoms with van der Waals surface area (Å²) in [5.41, 5.74) is 1.14. The number of hydrogen-bond donors (Lipinski definition) is 1. The largest absolute Gasteiger partial charge is 0.293 e. The molecule has 0 amide bonds. The van der Waals surface area contributed by atoms with Crippen LogP contribution < -0.4 is 0 Å². The highest BCUT2D eigenvalue weighted by Gasteiger charge is 2.14. The number of hydrogen-bond acceptors (Lipinski definition) is 3. The van der Waals surface area contributed by atoms with Crippen LogP contribution in [0, 0.1) is 5.82 Å². The number of Topliss-reactive ketones (excluding diaryl/α,β-unsaturated/α-hetero) is 1. The van der Waals surface area contributed by atoms with E-state index in [0.717, 1.165) is 0 Å². The van der Waals surface area contributed by atoms with Gasteiger partial charge in [0, 0.05) is 12.5 Å². The third-order valence-electron chi connectivity index (χ3n) is 1.98. The number of nitrogens with one attached hydrogen (secondary N) is 1. The van der Waals surface area contributed by atoms with E-state index >= 15 is 0 Å². The van der Waals surface area contributed by atoms with Crippen LogP contribution in [0.3, 0.4) is 0 Å². The summed E-state index contributed by atoms with van der Waals surface area (Å²) in [6.45, 7) is 1.39. The second kappa shape index (κ2) is 3.61. The monoisotopic (exact) mass is 205 g/mol. The van der Waals surface area contributed by atoms with E-state index in [4.69, 9.17) is 0 Å². The maximum Gasteiger partial charge on any atom is 0.182 e. The molecule has 0 saturated heterocycles. The standard InChI is InChI=1S/C10H8FN3O/c1-6(15)9-10(13-14-12-9)7-3-2-4-8(11)5-7/h2-5H,1H3,(H,12,13,14). The molecule has 1 N–H and O–H groups in total. The van der Waals surface area contributed by atoms with Crippen molar-refractivity contribution in [3.63, 3.8) is 0 Å². The van der Waals surface area contributed by atoms with Gasteiger partial charge in [-0.3, -0.25) is 4.79 Å². The van der Waals surface area contributed by atoms with Crippen molar-refractivity contribution >= 4 is 5.78 Å². The highest BCUT2D eigenvalue weighted by Crippen LogP contribution is 2.20. The molecule has 0 aliphatic heterocycles. The third-order valence-corrected chi connectivity index (χ3v) is 1.98. The maximum absolute atomic E-state index is 12.9. The molecule has 0 aliphatic carbocycles. The highest BCUT2D eigenvalue weighted by molar-refractivity contribution is 5.97. The van der Waals surface area contributed by atoms with Gasteiger partial charge in [0.25, 0.3) is 0 Å². The quantitative estimate of drug-likeness (QED) is 0.760. The summed E-state index contributed by atoms with van der Waals surface area (Å²) in [5, 5.41) is 9.89. The van der Waals surface area contributed by atoms with Gasteiger partial charge in [0.15, 0.2) is 11.5 Å². The number of halogens is 1. The van der Waals surface area contributed by atoms with Gasteiger partial charge in [-0.15, -0.1) is 0 Å². The van der Waals surface area contributed by atoms with Crippen LogP contribution in [0.15, 0.2) is 24.3 Å². The normalized spacial score (nSPS) is 10.3. The fraction of sp³-hybridized carbons (Fsp3) is 0.100. The van der Waals surface area contributed by atoms with Gasteiger partial charge in [-0.05, 0) is 12.1 Å². The molecule has 0 spiro atoms. The molecule has 5 heteroatoms. The zero-order chi connectivity index (χ0) is 10.8. The molecule has 0 atom stereocenters. The van der Waals surface area contributed by atoms with Crippen LogP contribution in [0.2, 0.25) is 0 Å². The van der Waals surface area contributed by atoms with Gasteiger partial charge in [0.2, 0.25) is 0 Å². The molecule has 2 aromatic rings. The summed E-state index contributed by atoms with van der Waals surface area (Å²) in [4.78, 5) is 11.2. The van der Waals surface area contributed by atoms with Gasteiger partial charge in [0.05, 0.1) is 0 Å². The van der Waals surface area contributed by atoms with Gasteiger partial charge in [0.1, 0.15) is 11.5 Å². The van der Waals surface area contributed by atoms with E-state index in [1.165, 1.54) is 19.1 Å². The summed E-state index contributed by atoms with van der Waals surface area (Å²) < 4.78 is 12.9. The summed E-state index contributed by atoms with van der Waals surface area (Å²) in [5.74, 6) is -0.576. The number of aromatic amines is 1. The Labute approximate surface area is 85.1 Å². The van der Waals surface area contributed by atoms with Crippen LogP contribution >= 0.6 is 0 Å². The van der Waals surface area contributed by atoms with Gasteiger partial charge in [-0.2, -0.15) is 15.4 Å². The van der Waals surface area contributed by atoms with E-state index in [-0.39, 0.29) is 17.3 Å². The van der Waals surface area contributed by atoms with E-state index in [2.05, 4.69) is 15.4 Å². The van der Waals surface area contributed by atoms with E-state index in [9.17, 15) is 9.18 Å². The van der Waals surface area contributed by atoms with Crippen molar-refractivity contribution in [3.8, 4) is 11.3 Å². The maximum atomic E-state index is 12.9. The van der Waals surface area contributed by atoms with Gasteiger partial charge in [-0.25, -0.2) is 4.39 Å². The van der Waals surface area contributed by atoms with Crippen LogP contribution in [0.1, 0.15) is 17.4 Å². The fourth-order valence-corrected chi connectivity index (χ4v) is 1.31. The van der Waals surface area contributed by atoms with Crippen LogP contribution in [0.25, 0.3) is 11.3 Å². The lowest BCUT2D eigenvalue weighted by Gasteiger charge is -1.97. The number of nitrogens with zero attached hydrogens (tertiary/aromatic N) is 2. The average molecular weight is 205 g/mol. The Hall–Kier alpha value is -2.04. The second-order valence-corrected chi connectivity index (χ2v) is 3.09. The smallest absolute Gasteiger partial charge is 0.182 e. The third kappa shape index (κ3) is 1.76. The number of benzene rings is 1. The summed E-state index contributed by atoms with van der Waals surface area (Å²) >= 11 is 0. The Balaban J connectivity index is 2.54. The lowest BCUT2D eigenvalue weighted by molar-refractivity contribution is 0.101. The van der Waals surface area contributed by atoms with Crippen molar-refractivity contribution in [2.45, 2.75) is 6.92 Å². The molecule has 0 fully saturated rings. The van der Waals surface area contributed by atoms with Crippen molar-refractivity contribution in [3.05, 3.63) is 35.8 Å². The number of aromatic nitrogens is 3. The van der Waals surface area contributed by atoms with Crippen LogP contribution in [-0.4, -0.2) is 21.2 Å². The predicted molar refractivity (Wildman–Crippen MR) is 51.8 cm³/mol. The Bertz CT molecular complexity index is 507. The number of carbonyl (C=O) groups is 1. The molecule has 2 rings (SSSR count). The first-order chi connectivity index (χ1) is 7.18. The van der Waals surface area contributed by atoms with Crippen molar-refractivity contribution in [1.82, 2.24) is 15.4 Å². The van der Waals surface area contributed by atoms with Crippen molar-refractivity contribution in [2.75, 3.05) is 0 Å². The summed E-state index contributed by atoms with van der Waals surface area (Å²) in [7, 11) is 0. The number of H-pyrrole nitrogens is 1. The molecular weight excluding hydrogens is 197 g/mol. The van der Waals surface area contributed by atoms with Crippen LogP contribution in [0.5, 0.6) is 0 Å². The molecule has 0 bridgehead atoms. The summed E-state index contributed by atoms with van der Waals surface area (Å²) in [6.07, 6.45) is 0. The van der Waals surface area contributed by atoms with Gasteiger partial charge < -0.3 is 0 Å². The van der Waals surface area contributed by atoms with Crippen molar-refractivity contribution in [2.24, 2.45) is 0 Å². The minimum absolute atomic E-state index is 0.206. The second-order valence-electron chi connectivity index (χ2n) is 3.09. The average Bonchev–Trinajstić information content (AvgIpc) is 2.65. The molecule has 0 aliphatic rings. The van der Waals surface area contributed by atoms with Gasteiger partial charge >= 0.3 is 0 Å². The molecule has 0 unspecified atom stereocenters. The number of rotatable bonds is 2. The Morgan fingerprint density at radius 2 is 2.20 bits per heavy atom. The molecule has 1 heterocycles. The van der Waals surface area contributed by atoms with Crippen LogP contribution in [0.4, 0.5) is 4.39 Å². The van der Waals surface area contributed by atoms with E-state index in [1.54, 1.807) is 12.1 Å². The molecule has 1 aromatic heterocycles. The molecule has 15 heavy (non-hydrogen) atoms. The molecule has 4 nitrogen and oxygen atoms in total. The molecule has 0 saturated carbocycles. The first kappa shape index (κ1) is 9.51. The molecule has 76 valence electrons. The molecular formula is C10H8FN3O. The topological polar surface area (TPSA) is 58.6 Å². The first-order valence-electron chi connectivity index (χ1n) is 4.36. The molecule has 0 radical (unpaired) electrons. The lowest BCUT2D eigenvalue weighted by atomic mass is 10.1. The predicted octanol–water partition coefficient (Wildman–Crippen LogP) is 1.81. The summed E-state index contributed by atoms with van der Waals surface area (Å²) in [6, 6.07) is 5.87. The van der Waals surface area contributed by atoms with Crippen molar-refractivity contribution in [1.29, 1.82) is 0 Å². The SMILES string of the molecule is CC(=O)c1n[nH]nc1-c1cccc(F)c1. The minimum Gasteiger partial charge on any atom is -0.293 e. The van der Waals surface area contributed by atoms with Crippen LogP contribution in [-0.2, 0) is 0 Å². The van der Waals surface area contributed by atoms with E-state index in [0.29, 0.717) is 11.3 Å². The zero-order valence-corrected chi connectivity index (χ0v) is 7.99. The van der Waals surface area contributed by atoms with E-state index < -0.39 is 0 Å². The number of carbonyl (C=O) groups excluding carboxylic acids is 1. The Morgan fingerprint density at radius 1 is 1.40 bits per heavy atom. The minimum atomic E-state index is -0.370. The fourth-order valence-electron chi connectivity index (χ4n) is 1.31. The van der Waals surface area contributed by atoms with Crippen molar-refractivity contribution < 1.29 is 9.18 Å². The Morgan fingerprint density at radius 3 is 2.87 bits per heavy atom. The zero-order valence-electron chi connectivity index (χ0n) is 7.99. The lowest BCUT2D eigenvalue weighted by Crippen LogP contribution is -1.95. The first-order valence-corrected chi connectivity index (χ1v) is 4.36. The Kier molecular flexibility index (Phi) is 2.29. The van der Waals surface area contributed by atoms with E-state index in [1.807, 2.05) is 0 Å². The molecule has 1 aromatic carbocycles. The number of ketones is 1.